The van der Waals surface area contributed by atoms with Crippen molar-refractivity contribution in [2.75, 3.05) is 12.4 Å². The molecule has 6 heteroatoms. The first-order chi connectivity index (χ1) is 9.61. The first-order valence-electron chi connectivity index (χ1n) is 5.75. The van der Waals surface area contributed by atoms with Crippen LogP contribution in [0.25, 0.3) is 0 Å². The molecule has 1 aromatic carbocycles. The lowest BCUT2D eigenvalue weighted by Crippen LogP contribution is -2.18. The highest BCUT2D eigenvalue weighted by molar-refractivity contribution is 6.09. The molecule has 0 radical (unpaired) electrons. The summed E-state index contributed by atoms with van der Waals surface area (Å²) in [7, 11) is 1.52. The maximum Gasteiger partial charge on any atom is 0.338 e. The molecule has 0 atom stereocenters. The van der Waals surface area contributed by atoms with Crippen LogP contribution in [0.15, 0.2) is 42.6 Å². The zero-order chi connectivity index (χ0) is 14.5. The van der Waals surface area contributed by atoms with Crippen LogP contribution in [0.3, 0.4) is 0 Å². The molecule has 1 amide bonds. The van der Waals surface area contributed by atoms with Crippen molar-refractivity contribution >= 4 is 17.6 Å². The predicted octanol–water partition coefficient (Wildman–Crippen LogP) is 2.04. The molecule has 0 spiro atoms. The summed E-state index contributed by atoms with van der Waals surface area (Å²) in [4.78, 5) is 26.9. The molecule has 0 aliphatic heterocycles. The van der Waals surface area contributed by atoms with Crippen molar-refractivity contribution < 1.29 is 19.4 Å². The molecule has 0 saturated carbocycles. The lowest BCUT2D eigenvalue weighted by atomic mass is 10.2. The molecule has 6 nitrogen and oxygen atoms in total. The molecule has 0 saturated heterocycles. The maximum absolute atomic E-state index is 12.1. The van der Waals surface area contributed by atoms with Crippen LogP contribution in [0, 0.1) is 0 Å². The van der Waals surface area contributed by atoms with E-state index in [4.69, 9.17) is 9.84 Å². The monoisotopic (exact) mass is 272 g/mol. The molecule has 0 aliphatic rings. The second-order valence-electron chi connectivity index (χ2n) is 3.89. The summed E-state index contributed by atoms with van der Waals surface area (Å²) in [5.41, 5.74) is 0.215. The highest BCUT2D eigenvalue weighted by Crippen LogP contribution is 2.17. The molecule has 0 fully saturated rings. The number of carboxylic acids is 1. The van der Waals surface area contributed by atoms with Crippen molar-refractivity contribution in [3.63, 3.8) is 0 Å². The molecule has 0 bridgehead atoms. The van der Waals surface area contributed by atoms with E-state index in [2.05, 4.69) is 10.3 Å². The fourth-order valence-electron chi connectivity index (χ4n) is 1.65. The van der Waals surface area contributed by atoms with Crippen LogP contribution in [0.5, 0.6) is 5.75 Å². The number of nitrogens with zero attached hydrogens (tertiary/aromatic N) is 1. The van der Waals surface area contributed by atoms with Gasteiger partial charge in [0.2, 0.25) is 0 Å². The van der Waals surface area contributed by atoms with Gasteiger partial charge in [-0.2, -0.15) is 0 Å². The minimum atomic E-state index is -1.20. The van der Waals surface area contributed by atoms with Gasteiger partial charge in [0.05, 0.1) is 12.7 Å². The summed E-state index contributed by atoms with van der Waals surface area (Å²) in [5, 5.41) is 11.6. The molecule has 1 aromatic heterocycles. The van der Waals surface area contributed by atoms with Crippen LogP contribution in [0.2, 0.25) is 0 Å². The number of hydrogen-bond donors (Lipinski definition) is 2. The molecule has 0 aliphatic carbocycles. The molecule has 1 heterocycles. The third kappa shape index (κ3) is 2.92. The number of hydrogen-bond acceptors (Lipinski definition) is 4. The van der Waals surface area contributed by atoms with Gasteiger partial charge in [0.25, 0.3) is 5.91 Å². The number of methoxy groups -OCH3 is 1. The third-order valence-corrected chi connectivity index (χ3v) is 2.58. The van der Waals surface area contributed by atoms with E-state index in [1.165, 1.54) is 25.4 Å². The zero-order valence-corrected chi connectivity index (χ0v) is 10.7. The molecule has 20 heavy (non-hydrogen) atoms. The highest BCUT2D eigenvalue weighted by Gasteiger charge is 2.17. The van der Waals surface area contributed by atoms with E-state index in [-0.39, 0.29) is 11.3 Å². The van der Waals surface area contributed by atoms with Gasteiger partial charge in [-0.15, -0.1) is 0 Å². The number of amides is 1. The maximum atomic E-state index is 12.1. The van der Waals surface area contributed by atoms with Gasteiger partial charge >= 0.3 is 5.97 Å². The number of aromatic nitrogens is 1. The average Bonchev–Trinajstić information content (AvgIpc) is 2.47. The Morgan fingerprint density at radius 3 is 2.75 bits per heavy atom. The smallest absolute Gasteiger partial charge is 0.338 e. The Morgan fingerprint density at radius 2 is 2.05 bits per heavy atom. The summed E-state index contributed by atoms with van der Waals surface area (Å²) in [6.45, 7) is 0. The van der Waals surface area contributed by atoms with Crippen molar-refractivity contribution in [3.05, 3.63) is 53.9 Å². The van der Waals surface area contributed by atoms with Gasteiger partial charge in [0, 0.05) is 18.0 Å². The van der Waals surface area contributed by atoms with Gasteiger partial charge in [0.15, 0.2) is 0 Å². The number of benzene rings is 1. The third-order valence-electron chi connectivity index (χ3n) is 2.58. The Labute approximate surface area is 115 Å². The Morgan fingerprint density at radius 1 is 1.25 bits per heavy atom. The quantitative estimate of drug-likeness (QED) is 0.889. The topological polar surface area (TPSA) is 88.5 Å². The number of carboxylic acid groups (broad SMARTS) is 1. The van der Waals surface area contributed by atoms with Crippen LogP contribution in [0.1, 0.15) is 20.8 Å². The molecular weight excluding hydrogens is 260 g/mol. The number of rotatable bonds is 4. The summed E-state index contributed by atoms with van der Waals surface area (Å²) in [5.74, 6) is -1.20. The Hall–Kier alpha value is -2.89. The van der Waals surface area contributed by atoms with Crippen LogP contribution < -0.4 is 10.1 Å². The van der Waals surface area contributed by atoms with Crippen LogP contribution >= 0.6 is 0 Å². The standard InChI is InChI=1S/C14H12N2O4/c1-20-10-5-2-4-9(8-10)16-13(17)12-11(14(18)19)6-3-7-15-12/h2-8H,1H3,(H,16,17)(H,18,19). The van der Waals surface area contributed by atoms with E-state index < -0.39 is 11.9 Å². The Balaban J connectivity index is 2.26. The van der Waals surface area contributed by atoms with E-state index in [1.54, 1.807) is 24.3 Å². The zero-order valence-electron chi connectivity index (χ0n) is 10.7. The first kappa shape index (κ1) is 13.5. The lowest BCUT2D eigenvalue weighted by molar-refractivity contribution is 0.0691. The van der Waals surface area contributed by atoms with Crippen LogP contribution in [-0.2, 0) is 0 Å². The summed E-state index contributed by atoms with van der Waals surface area (Å²) >= 11 is 0. The molecule has 2 aromatic rings. The SMILES string of the molecule is COc1cccc(NC(=O)c2ncccc2C(=O)O)c1. The second-order valence-corrected chi connectivity index (χ2v) is 3.89. The molecule has 2 N–H and O–H groups in total. The van der Waals surface area contributed by atoms with Crippen molar-refractivity contribution in [1.29, 1.82) is 0 Å². The number of ether oxygens (including phenoxy) is 1. The molecule has 0 unspecified atom stereocenters. The average molecular weight is 272 g/mol. The van der Waals surface area contributed by atoms with Crippen molar-refractivity contribution in [1.82, 2.24) is 4.98 Å². The van der Waals surface area contributed by atoms with Gasteiger partial charge in [-0.1, -0.05) is 6.07 Å². The first-order valence-corrected chi connectivity index (χ1v) is 5.75. The number of pyridine rings is 1. The largest absolute Gasteiger partial charge is 0.497 e. The highest BCUT2D eigenvalue weighted by atomic mass is 16.5. The summed E-state index contributed by atoms with van der Waals surface area (Å²) < 4.78 is 5.04. The fourth-order valence-corrected chi connectivity index (χ4v) is 1.65. The predicted molar refractivity (Wildman–Crippen MR) is 72.1 cm³/mol. The molecular formula is C14H12N2O4. The van der Waals surface area contributed by atoms with Crippen LogP contribution in [0.4, 0.5) is 5.69 Å². The lowest BCUT2D eigenvalue weighted by Gasteiger charge is -2.08. The van der Waals surface area contributed by atoms with Gasteiger partial charge < -0.3 is 15.2 Å². The number of nitrogens with one attached hydrogen (secondary N) is 1. The minimum Gasteiger partial charge on any atom is -0.497 e. The second kappa shape index (κ2) is 5.83. The van der Waals surface area contributed by atoms with Crippen molar-refractivity contribution in [3.8, 4) is 5.75 Å². The van der Waals surface area contributed by atoms with Gasteiger partial charge in [0.1, 0.15) is 11.4 Å². The van der Waals surface area contributed by atoms with Crippen molar-refractivity contribution in [2.24, 2.45) is 0 Å². The van der Waals surface area contributed by atoms with Gasteiger partial charge in [-0.05, 0) is 24.3 Å². The number of carbonyl (C=O) groups is 2. The minimum absolute atomic E-state index is 0.136. The van der Waals surface area contributed by atoms with Gasteiger partial charge in [-0.3, -0.25) is 9.78 Å². The summed E-state index contributed by atoms with van der Waals surface area (Å²) in [6.07, 6.45) is 1.37. The Kier molecular flexibility index (Phi) is 3.95. The van der Waals surface area contributed by atoms with E-state index in [9.17, 15) is 9.59 Å². The Bertz CT molecular complexity index is 655. The number of anilines is 1. The fraction of sp³-hybridized carbons (Fsp3) is 0.0714. The van der Waals surface area contributed by atoms with Crippen molar-refractivity contribution in [2.45, 2.75) is 0 Å². The van der Waals surface area contributed by atoms with E-state index in [1.807, 2.05) is 0 Å². The number of aromatic carboxylic acids is 1. The normalized spacial score (nSPS) is 9.85. The number of carbonyl (C=O) groups excluding carboxylic acids is 1. The summed E-state index contributed by atoms with van der Waals surface area (Å²) in [6, 6.07) is 9.54. The van der Waals surface area contributed by atoms with E-state index in [0.717, 1.165) is 0 Å². The molecule has 2 rings (SSSR count). The molecule has 102 valence electrons. The van der Waals surface area contributed by atoms with Gasteiger partial charge in [-0.25, -0.2) is 4.79 Å². The van der Waals surface area contributed by atoms with E-state index >= 15 is 0 Å². The van der Waals surface area contributed by atoms with E-state index in [0.29, 0.717) is 11.4 Å². The van der Waals surface area contributed by atoms with Crippen LogP contribution in [-0.4, -0.2) is 29.1 Å².